The van der Waals surface area contributed by atoms with Gasteiger partial charge in [-0.2, -0.15) is 0 Å². The Morgan fingerprint density at radius 3 is 2.45 bits per heavy atom. The second-order valence-electron chi connectivity index (χ2n) is 4.58. The number of rotatable bonds is 2. The lowest BCUT2D eigenvalue weighted by molar-refractivity contribution is 0.102. The largest absolute Gasteiger partial charge is 0.398 e. The van der Waals surface area contributed by atoms with Gasteiger partial charge in [-0.3, -0.25) is 4.79 Å². The van der Waals surface area contributed by atoms with Crippen LogP contribution in [0.15, 0.2) is 39.3 Å². The lowest BCUT2D eigenvalue weighted by Gasteiger charge is -2.12. The Morgan fingerprint density at radius 2 is 1.80 bits per heavy atom. The quantitative estimate of drug-likeness (QED) is 0.723. The van der Waals surface area contributed by atoms with Crippen LogP contribution in [-0.4, -0.2) is 5.91 Å². The van der Waals surface area contributed by atoms with Crippen LogP contribution in [0, 0.1) is 13.8 Å². The van der Waals surface area contributed by atoms with Crippen molar-refractivity contribution in [2.24, 2.45) is 0 Å². The lowest BCUT2D eigenvalue weighted by Crippen LogP contribution is -2.15. The van der Waals surface area contributed by atoms with Crippen molar-refractivity contribution in [3.63, 3.8) is 0 Å². The van der Waals surface area contributed by atoms with E-state index in [0.717, 1.165) is 25.8 Å². The molecule has 0 unspecified atom stereocenters. The Bertz CT molecular complexity index is 684. The predicted octanol–water partition coefficient (Wildman–Crippen LogP) is 4.66. The maximum atomic E-state index is 12.4. The van der Waals surface area contributed by atoms with Gasteiger partial charge in [0.15, 0.2) is 0 Å². The molecule has 20 heavy (non-hydrogen) atoms. The molecule has 0 fully saturated rings. The molecule has 0 saturated carbocycles. The van der Waals surface area contributed by atoms with Crippen LogP contribution in [0.5, 0.6) is 0 Å². The van der Waals surface area contributed by atoms with E-state index in [9.17, 15) is 4.79 Å². The van der Waals surface area contributed by atoms with Crippen LogP contribution in [0.2, 0.25) is 0 Å². The van der Waals surface area contributed by atoms with Gasteiger partial charge in [0.25, 0.3) is 5.91 Å². The summed E-state index contributed by atoms with van der Waals surface area (Å²) in [6, 6.07) is 9.28. The number of nitrogen functional groups attached to an aromatic ring is 1. The van der Waals surface area contributed by atoms with Crippen LogP contribution in [0.3, 0.4) is 0 Å². The van der Waals surface area contributed by atoms with E-state index in [1.54, 1.807) is 12.1 Å². The molecule has 0 spiro atoms. The number of carbonyl (C=O) groups excluding carboxylic acids is 1. The van der Waals surface area contributed by atoms with Gasteiger partial charge in [0.1, 0.15) is 0 Å². The highest BCUT2D eigenvalue weighted by Crippen LogP contribution is 2.25. The van der Waals surface area contributed by atoms with E-state index in [4.69, 9.17) is 5.73 Å². The van der Waals surface area contributed by atoms with Crippen LogP contribution >= 0.6 is 31.9 Å². The molecule has 0 radical (unpaired) electrons. The Morgan fingerprint density at radius 1 is 1.10 bits per heavy atom. The fourth-order valence-electron chi connectivity index (χ4n) is 1.89. The van der Waals surface area contributed by atoms with Crippen molar-refractivity contribution < 1.29 is 4.79 Å². The van der Waals surface area contributed by atoms with Crippen LogP contribution < -0.4 is 11.1 Å². The molecule has 104 valence electrons. The number of anilines is 2. The zero-order valence-corrected chi connectivity index (χ0v) is 14.3. The van der Waals surface area contributed by atoms with Gasteiger partial charge in [0, 0.05) is 25.9 Å². The minimum atomic E-state index is -0.166. The summed E-state index contributed by atoms with van der Waals surface area (Å²) in [5.74, 6) is -0.166. The number of hydrogen-bond donors (Lipinski definition) is 2. The molecule has 0 heterocycles. The van der Waals surface area contributed by atoms with Crippen molar-refractivity contribution in [2.45, 2.75) is 13.8 Å². The monoisotopic (exact) mass is 396 g/mol. The Balaban J connectivity index is 2.33. The zero-order chi connectivity index (χ0) is 14.9. The minimum Gasteiger partial charge on any atom is -0.398 e. The van der Waals surface area contributed by atoms with Gasteiger partial charge >= 0.3 is 0 Å². The number of nitrogens with two attached hydrogens (primary N) is 1. The Labute approximate surface area is 134 Å². The molecule has 2 rings (SSSR count). The summed E-state index contributed by atoms with van der Waals surface area (Å²) >= 11 is 6.76. The average Bonchev–Trinajstić information content (AvgIpc) is 2.37. The molecule has 0 aliphatic carbocycles. The fourth-order valence-corrected chi connectivity index (χ4v) is 2.84. The zero-order valence-electron chi connectivity index (χ0n) is 11.1. The number of benzene rings is 2. The number of amides is 1. The lowest BCUT2D eigenvalue weighted by atomic mass is 10.1. The molecule has 0 saturated heterocycles. The van der Waals surface area contributed by atoms with Crippen LogP contribution in [-0.2, 0) is 0 Å². The van der Waals surface area contributed by atoms with Crippen LogP contribution in [0.25, 0.3) is 0 Å². The minimum absolute atomic E-state index is 0.166. The van der Waals surface area contributed by atoms with Crippen molar-refractivity contribution in [1.82, 2.24) is 0 Å². The molecule has 0 aliphatic rings. The molecule has 0 aliphatic heterocycles. The Hall–Kier alpha value is -1.33. The molecule has 1 amide bonds. The van der Waals surface area contributed by atoms with Crippen molar-refractivity contribution in [3.8, 4) is 0 Å². The van der Waals surface area contributed by atoms with Gasteiger partial charge < -0.3 is 11.1 Å². The van der Waals surface area contributed by atoms with E-state index in [-0.39, 0.29) is 5.91 Å². The number of halogens is 2. The van der Waals surface area contributed by atoms with Crippen molar-refractivity contribution in [2.75, 3.05) is 11.1 Å². The van der Waals surface area contributed by atoms with Crippen molar-refractivity contribution in [1.29, 1.82) is 0 Å². The van der Waals surface area contributed by atoms with Crippen molar-refractivity contribution in [3.05, 3.63) is 56.0 Å². The molecule has 3 nitrogen and oxygen atoms in total. The standard InChI is InChI=1S/C15H14Br2N2O/c1-8-5-10(16)3-4-14(8)19-15(20)12-6-11(17)7-13(18)9(12)2/h3-7H,18H2,1-2H3,(H,19,20). The topological polar surface area (TPSA) is 55.1 Å². The smallest absolute Gasteiger partial charge is 0.256 e. The first-order chi connectivity index (χ1) is 9.38. The molecular formula is C15H14Br2N2O. The molecule has 2 aromatic carbocycles. The normalized spacial score (nSPS) is 10.4. The third-order valence-electron chi connectivity index (χ3n) is 3.09. The van der Waals surface area contributed by atoms with E-state index < -0.39 is 0 Å². The number of carbonyl (C=O) groups is 1. The molecule has 0 atom stereocenters. The summed E-state index contributed by atoms with van der Waals surface area (Å²) < 4.78 is 1.77. The van der Waals surface area contributed by atoms with Gasteiger partial charge in [-0.05, 0) is 55.3 Å². The molecule has 2 aromatic rings. The molecular weight excluding hydrogens is 384 g/mol. The summed E-state index contributed by atoms with van der Waals surface area (Å²) in [5, 5.41) is 2.91. The van der Waals surface area contributed by atoms with Gasteiger partial charge in [0.05, 0.1) is 0 Å². The second-order valence-corrected chi connectivity index (χ2v) is 6.41. The van der Waals surface area contributed by atoms with Crippen LogP contribution in [0.1, 0.15) is 21.5 Å². The molecule has 3 N–H and O–H groups in total. The summed E-state index contributed by atoms with van der Waals surface area (Å²) in [6.07, 6.45) is 0. The predicted molar refractivity (Wildman–Crippen MR) is 90.1 cm³/mol. The first-order valence-electron chi connectivity index (χ1n) is 6.01. The SMILES string of the molecule is Cc1cc(Br)ccc1NC(=O)c1cc(Br)cc(N)c1C. The fraction of sp³-hybridized carbons (Fsp3) is 0.133. The maximum Gasteiger partial charge on any atom is 0.256 e. The van der Waals surface area contributed by atoms with E-state index in [1.807, 2.05) is 32.0 Å². The molecule has 0 aromatic heterocycles. The summed E-state index contributed by atoms with van der Waals surface area (Å²) in [4.78, 5) is 12.4. The van der Waals surface area contributed by atoms with E-state index >= 15 is 0 Å². The second kappa shape index (κ2) is 5.97. The van der Waals surface area contributed by atoms with Crippen molar-refractivity contribution >= 4 is 49.1 Å². The highest BCUT2D eigenvalue weighted by molar-refractivity contribution is 9.10. The van der Waals surface area contributed by atoms with Gasteiger partial charge in [-0.25, -0.2) is 0 Å². The number of aryl methyl sites for hydroxylation is 1. The Kier molecular flexibility index (Phi) is 4.50. The number of hydrogen-bond acceptors (Lipinski definition) is 2. The van der Waals surface area contributed by atoms with Crippen LogP contribution in [0.4, 0.5) is 11.4 Å². The summed E-state index contributed by atoms with van der Waals surface area (Å²) in [5.41, 5.74) is 9.61. The third kappa shape index (κ3) is 3.22. The molecule has 5 heteroatoms. The first-order valence-corrected chi connectivity index (χ1v) is 7.60. The highest BCUT2D eigenvalue weighted by Gasteiger charge is 2.13. The average molecular weight is 398 g/mol. The van der Waals surface area contributed by atoms with Gasteiger partial charge in [-0.1, -0.05) is 31.9 Å². The first kappa shape index (κ1) is 15.1. The number of nitrogens with one attached hydrogen (secondary N) is 1. The summed E-state index contributed by atoms with van der Waals surface area (Å²) in [7, 11) is 0. The van der Waals surface area contributed by atoms with Gasteiger partial charge in [0.2, 0.25) is 0 Å². The summed E-state index contributed by atoms with van der Waals surface area (Å²) in [6.45, 7) is 3.79. The van der Waals surface area contributed by atoms with E-state index in [0.29, 0.717) is 11.3 Å². The highest BCUT2D eigenvalue weighted by atomic mass is 79.9. The van der Waals surface area contributed by atoms with Gasteiger partial charge in [-0.15, -0.1) is 0 Å². The maximum absolute atomic E-state index is 12.4. The van der Waals surface area contributed by atoms with E-state index in [2.05, 4.69) is 37.2 Å². The molecule has 0 bridgehead atoms. The van der Waals surface area contributed by atoms with E-state index in [1.165, 1.54) is 0 Å². The third-order valence-corrected chi connectivity index (χ3v) is 4.05.